The molecular formula is C24H28N6O2. The van der Waals surface area contributed by atoms with Crippen LogP contribution in [-0.4, -0.2) is 57.6 Å². The molecule has 1 aromatic heterocycles. The van der Waals surface area contributed by atoms with Crippen LogP contribution in [0.3, 0.4) is 0 Å². The number of piperazine rings is 1. The van der Waals surface area contributed by atoms with Crippen LogP contribution in [-0.2, 0) is 22.6 Å². The molecule has 2 heterocycles. The smallest absolute Gasteiger partial charge is 0.237 e. The third-order valence-electron chi connectivity index (χ3n) is 5.59. The summed E-state index contributed by atoms with van der Waals surface area (Å²) < 4.78 is 0. The molecule has 0 spiro atoms. The number of benzene rings is 2. The Balaban J connectivity index is 1.27. The topological polar surface area (TPSA) is 103 Å². The number of aromatic amines is 1. The molecule has 1 aliphatic heterocycles. The van der Waals surface area contributed by atoms with E-state index in [1.807, 2.05) is 48.5 Å². The third-order valence-corrected chi connectivity index (χ3v) is 5.59. The van der Waals surface area contributed by atoms with E-state index in [1.165, 1.54) is 5.56 Å². The zero-order chi connectivity index (χ0) is 22.2. The Hall–Kier alpha value is -3.52. The van der Waals surface area contributed by atoms with Crippen molar-refractivity contribution in [3.05, 3.63) is 72.1 Å². The van der Waals surface area contributed by atoms with Crippen molar-refractivity contribution in [3.63, 3.8) is 0 Å². The van der Waals surface area contributed by atoms with E-state index >= 15 is 0 Å². The molecule has 1 aliphatic rings. The Bertz CT molecular complexity index is 1020. The molecule has 0 aliphatic carbocycles. The van der Waals surface area contributed by atoms with Gasteiger partial charge in [-0.1, -0.05) is 60.7 Å². The van der Waals surface area contributed by atoms with Crippen molar-refractivity contribution < 1.29 is 9.59 Å². The summed E-state index contributed by atoms with van der Waals surface area (Å²) in [5, 5.41) is 12.8. The Labute approximate surface area is 187 Å². The lowest BCUT2D eigenvalue weighted by Gasteiger charge is -2.34. The van der Waals surface area contributed by atoms with Crippen molar-refractivity contribution in [1.29, 1.82) is 0 Å². The minimum absolute atomic E-state index is 0.0860. The molecule has 3 aromatic rings. The number of carbonyl (C=O) groups excluding carboxylic acids is 2. The summed E-state index contributed by atoms with van der Waals surface area (Å²) >= 11 is 0. The molecule has 0 radical (unpaired) electrons. The van der Waals surface area contributed by atoms with Crippen LogP contribution in [0.25, 0.3) is 11.4 Å². The molecule has 2 amide bonds. The van der Waals surface area contributed by atoms with E-state index in [4.69, 9.17) is 0 Å². The second kappa shape index (κ2) is 10.7. The number of carbonyl (C=O) groups is 2. The number of H-pyrrole nitrogens is 1. The molecule has 8 heteroatoms. The lowest BCUT2D eigenvalue weighted by Crippen LogP contribution is -2.56. The Kier molecular flexibility index (Phi) is 7.24. The average Bonchev–Trinajstić information content (AvgIpc) is 3.30. The van der Waals surface area contributed by atoms with E-state index in [0.717, 1.165) is 31.5 Å². The van der Waals surface area contributed by atoms with E-state index in [-0.39, 0.29) is 24.8 Å². The van der Waals surface area contributed by atoms with E-state index in [0.29, 0.717) is 18.2 Å². The highest BCUT2D eigenvalue weighted by molar-refractivity contribution is 5.88. The average molecular weight is 433 g/mol. The molecule has 0 saturated carbocycles. The van der Waals surface area contributed by atoms with E-state index in [9.17, 15) is 9.59 Å². The molecule has 8 nitrogen and oxygen atoms in total. The molecule has 3 N–H and O–H groups in total. The van der Waals surface area contributed by atoms with Crippen LogP contribution in [0.4, 0.5) is 0 Å². The molecular weight excluding hydrogens is 404 g/mol. The van der Waals surface area contributed by atoms with Gasteiger partial charge in [0.25, 0.3) is 0 Å². The number of rotatable bonds is 9. The second-order valence-electron chi connectivity index (χ2n) is 7.88. The zero-order valence-corrected chi connectivity index (χ0v) is 18.0. The van der Waals surface area contributed by atoms with Crippen molar-refractivity contribution in [3.8, 4) is 11.4 Å². The summed E-state index contributed by atoms with van der Waals surface area (Å²) in [7, 11) is 0. The summed E-state index contributed by atoms with van der Waals surface area (Å²) in [6.45, 7) is 2.38. The number of nitrogens with one attached hydrogen (secondary N) is 3. The van der Waals surface area contributed by atoms with E-state index in [2.05, 4.69) is 42.8 Å². The number of nitrogens with zero attached hydrogens (tertiary/aromatic N) is 3. The van der Waals surface area contributed by atoms with Crippen molar-refractivity contribution in [2.24, 2.45) is 0 Å². The first-order valence-electron chi connectivity index (χ1n) is 11.0. The lowest BCUT2D eigenvalue weighted by molar-refractivity contribution is -0.134. The van der Waals surface area contributed by atoms with E-state index in [1.54, 1.807) is 0 Å². The summed E-state index contributed by atoms with van der Waals surface area (Å²) in [6.07, 6.45) is 2.01. The first-order valence-corrected chi connectivity index (χ1v) is 11.0. The van der Waals surface area contributed by atoms with Gasteiger partial charge in [0.1, 0.15) is 5.82 Å². The summed E-state index contributed by atoms with van der Waals surface area (Å²) in [5.41, 5.74) is 2.19. The van der Waals surface area contributed by atoms with Gasteiger partial charge < -0.3 is 10.6 Å². The standard InChI is InChI=1S/C24H28N6O2/c31-22(26-17-21-27-23(29-28-21)19-11-5-2-6-12-19)16-20-24(32)25-13-15-30(20)14-7-10-18-8-3-1-4-9-18/h1-6,8-9,11-12,20H,7,10,13-17H2,(H,25,32)(H,26,31)(H,27,28,29)/t20-/m0/s1. The SMILES string of the molecule is O=C(C[C@H]1C(=O)NCCN1CCCc1ccccc1)NCc1nc(-c2ccccc2)n[nH]1. The number of aromatic nitrogens is 3. The summed E-state index contributed by atoms with van der Waals surface area (Å²) in [4.78, 5) is 31.6. The minimum atomic E-state index is -0.450. The summed E-state index contributed by atoms with van der Waals surface area (Å²) in [5.74, 6) is 0.894. The number of amides is 2. The molecule has 0 bridgehead atoms. The van der Waals surface area contributed by atoms with Gasteiger partial charge in [-0.25, -0.2) is 4.98 Å². The van der Waals surface area contributed by atoms with Gasteiger partial charge in [0, 0.05) is 18.7 Å². The van der Waals surface area contributed by atoms with Crippen LogP contribution in [0.5, 0.6) is 0 Å². The molecule has 32 heavy (non-hydrogen) atoms. The van der Waals surface area contributed by atoms with Gasteiger partial charge in [-0.05, 0) is 24.9 Å². The van der Waals surface area contributed by atoms with Crippen molar-refractivity contribution in [1.82, 2.24) is 30.7 Å². The Morgan fingerprint density at radius 1 is 1.09 bits per heavy atom. The molecule has 166 valence electrons. The quantitative estimate of drug-likeness (QED) is 0.479. The van der Waals surface area contributed by atoms with Gasteiger partial charge in [-0.3, -0.25) is 19.6 Å². The lowest BCUT2D eigenvalue weighted by atomic mass is 10.1. The van der Waals surface area contributed by atoms with Gasteiger partial charge in [0.15, 0.2) is 5.82 Å². The van der Waals surface area contributed by atoms with Crippen LogP contribution in [0.15, 0.2) is 60.7 Å². The highest BCUT2D eigenvalue weighted by Crippen LogP contribution is 2.14. The molecule has 2 aromatic carbocycles. The van der Waals surface area contributed by atoms with Crippen molar-refractivity contribution in [2.45, 2.75) is 31.8 Å². The predicted octanol–water partition coefficient (Wildman–Crippen LogP) is 1.91. The van der Waals surface area contributed by atoms with Gasteiger partial charge in [-0.2, -0.15) is 5.10 Å². The maximum absolute atomic E-state index is 12.6. The largest absolute Gasteiger partial charge is 0.353 e. The molecule has 4 rings (SSSR count). The maximum Gasteiger partial charge on any atom is 0.237 e. The monoisotopic (exact) mass is 432 g/mol. The first kappa shape index (κ1) is 21.7. The highest BCUT2D eigenvalue weighted by Gasteiger charge is 2.31. The van der Waals surface area contributed by atoms with Crippen LogP contribution >= 0.6 is 0 Å². The van der Waals surface area contributed by atoms with Crippen LogP contribution in [0.1, 0.15) is 24.2 Å². The Morgan fingerprint density at radius 2 is 1.84 bits per heavy atom. The molecule has 1 atom stereocenters. The fraction of sp³-hybridized carbons (Fsp3) is 0.333. The normalized spacial score (nSPS) is 16.5. The number of hydrogen-bond acceptors (Lipinski definition) is 5. The molecule has 1 saturated heterocycles. The van der Waals surface area contributed by atoms with Crippen LogP contribution < -0.4 is 10.6 Å². The predicted molar refractivity (Wildman–Crippen MR) is 121 cm³/mol. The van der Waals surface area contributed by atoms with Crippen LogP contribution in [0, 0.1) is 0 Å². The third kappa shape index (κ3) is 5.79. The summed E-state index contributed by atoms with van der Waals surface area (Å²) in [6, 6.07) is 19.5. The van der Waals surface area contributed by atoms with E-state index < -0.39 is 6.04 Å². The molecule has 0 unspecified atom stereocenters. The number of hydrogen-bond donors (Lipinski definition) is 3. The number of aryl methyl sites for hydroxylation is 1. The van der Waals surface area contributed by atoms with Crippen molar-refractivity contribution in [2.75, 3.05) is 19.6 Å². The van der Waals surface area contributed by atoms with Crippen molar-refractivity contribution >= 4 is 11.8 Å². The molecule has 1 fully saturated rings. The van der Waals surface area contributed by atoms with Gasteiger partial charge in [0.05, 0.1) is 19.0 Å². The second-order valence-corrected chi connectivity index (χ2v) is 7.88. The van der Waals surface area contributed by atoms with Gasteiger partial charge in [-0.15, -0.1) is 0 Å². The fourth-order valence-corrected chi connectivity index (χ4v) is 3.90. The fourth-order valence-electron chi connectivity index (χ4n) is 3.90. The van der Waals surface area contributed by atoms with Gasteiger partial charge in [0.2, 0.25) is 11.8 Å². The van der Waals surface area contributed by atoms with Crippen LogP contribution in [0.2, 0.25) is 0 Å². The van der Waals surface area contributed by atoms with Gasteiger partial charge >= 0.3 is 0 Å². The Morgan fingerprint density at radius 3 is 2.62 bits per heavy atom. The first-order chi connectivity index (χ1) is 15.7. The minimum Gasteiger partial charge on any atom is -0.353 e. The maximum atomic E-state index is 12.6. The zero-order valence-electron chi connectivity index (χ0n) is 18.0. The highest BCUT2D eigenvalue weighted by atomic mass is 16.2.